The van der Waals surface area contributed by atoms with Gasteiger partial charge in [-0.25, -0.2) is 0 Å². The molecule has 0 aliphatic carbocycles. The standard InChI is InChI=1S/C16H19N3O3/c20-12-14(8-15-5-1-2-7-18-15)11-17-10-13-4-3-6-16(9-13)19(21)22/h1-7,9,14,17,20H,8,10-12H2. The van der Waals surface area contributed by atoms with Gasteiger partial charge in [-0.3, -0.25) is 15.1 Å². The first-order valence-electron chi connectivity index (χ1n) is 7.14. The third kappa shape index (κ3) is 4.91. The molecule has 0 radical (unpaired) electrons. The molecule has 0 saturated heterocycles. The average molecular weight is 301 g/mol. The number of hydrogen-bond acceptors (Lipinski definition) is 5. The van der Waals surface area contributed by atoms with E-state index in [0.29, 0.717) is 19.5 Å². The number of nitrogens with zero attached hydrogens (tertiary/aromatic N) is 2. The molecule has 1 aromatic carbocycles. The van der Waals surface area contributed by atoms with Gasteiger partial charge in [0.2, 0.25) is 0 Å². The van der Waals surface area contributed by atoms with Gasteiger partial charge in [0, 0.05) is 43.7 Å². The zero-order chi connectivity index (χ0) is 15.8. The number of aliphatic hydroxyl groups is 1. The van der Waals surface area contributed by atoms with Crippen LogP contribution in [0, 0.1) is 16.0 Å². The molecule has 22 heavy (non-hydrogen) atoms. The first-order chi connectivity index (χ1) is 10.7. The van der Waals surface area contributed by atoms with Gasteiger partial charge in [-0.1, -0.05) is 18.2 Å². The van der Waals surface area contributed by atoms with E-state index in [2.05, 4.69) is 10.3 Å². The SMILES string of the molecule is O=[N+]([O-])c1cccc(CNCC(CO)Cc2ccccn2)c1. The molecule has 2 aromatic rings. The smallest absolute Gasteiger partial charge is 0.269 e. The molecule has 2 rings (SSSR count). The van der Waals surface area contributed by atoms with E-state index in [4.69, 9.17) is 0 Å². The second-order valence-corrected chi connectivity index (χ2v) is 5.13. The zero-order valence-corrected chi connectivity index (χ0v) is 12.2. The molecule has 6 heteroatoms. The van der Waals surface area contributed by atoms with Crippen LogP contribution in [-0.4, -0.2) is 28.2 Å². The lowest BCUT2D eigenvalue weighted by molar-refractivity contribution is -0.384. The molecule has 0 fully saturated rings. The average Bonchev–Trinajstić information content (AvgIpc) is 2.55. The Bertz CT molecular complexity index is 605. The molecule has 1 atom stereocenters. The Hall–Kier alpha value is -2.31. The van der Waals surface area contributed by atoms with E-state index in [-0.39, 0.29) is 18.2 Å². The number of benzene rings is 1. The number of nitrogens with one attached hydrogen (secondary N) is 1. The Balaban J connectivity index is 1.83. The van der Waals surface area contributed by atoms with Crippen LogP contribution in [0.25, 0.3) is 0 Å². The van der Waals surface area contributed by atoms with E-state index in [1.165, 1.54) is 6.07 Å². The molecule has 1 aromatic heterocycles. The van der Waals surface area contributed by atoms with Crippen molar-refractivity contribution in [1.82, 2.24) is 10.3 Å². The second kappa shape index (κ2) is 8.21. The fourth-order valence-electron chi connectivity index (χ4n) is 2.22. The van der Waals surface area contributed by atoms with Gasteiger partial charge in [0.25, 0.3) is 5.69 Å². The van der Waals surface area contributed by atoms with Gasteiger partial charge in [0.1, 0.15) is 0 Å². The van der Waals surface area contributed by atoms with Gasteiger partial charge < -0.3 is 10.4 Å². The number of pyridine rings is 1. The molecular weight excluding hydrogens is 282 g/mol. The second-order valence-electron chi connectivity index (χ2n) is 5.13. The monoisotopic (exact) mass is 301 g/mol. The minimum Gasteiger partial charge on any atom is -0.396 e. The molecule has 1 unspecified atom stereocenters. The summed E-state index contributed by atoms with van der Waals surface area (Å²) in [6, 6.07) is 12.3. The van der Waals surface area contributed by atoms with Crippen molar-refractivity contribution in [3.8, 4) is 0 Å². The van der Waals surface area contributed by atoms with Crippen molar-refractivity contribution < 1.29 is 10.0 Å². The van der Waals surface area contributed by atoms with E-state index >= 15 is 0 Å². The van der Waals surface area contributed by atoms with Crippen LogP contribution in [0.1, 0.15) is 11.3 Å². The molecule has 0 amide bonds. The van der Waals surface area contributed by atoms with Crippen molar-refractivity contribution >= 4 is 5.69 Å². The fraction of sp³-hybridized carbons (Fsp3) is 0.312. The Morgan fingerprint density at radius 1 is 1.27 bits per heavy atom. The summed E-state index contributed by atoms with van der Waals surface area (Å²) >= 11 is 0. The quantitative estimate of drug-likeness (QED) is 0.574. The largest absolute Gasteiger partial charge is 0.396 e. The highest BCUT2D eigenvalue weighted by atomic mass is 16.6. The van der Waals surface area contributed by atoms with Gasteiger partial charge in [-0.2, -0.15) is 0 Å². The Morgan fingerprint density at radius 3 is 2.82 bits per heavy atom. The predicted octanol–water partition coefficient (Wildman–Crippen LogP) is 1.93. The minimum atomic E-state index is -0.402. The summed E-state index contributed by atoms with van der Waals surface area (Å²) in [7, 11) is 0. The van der Waals surface area contributed by atoms with E-state index in [9.17, 15) is 15.2 Å². The molecule has 6 nitrogen and oxygen atoms in total. The maximum atomic E-state index is 10.7. The van der Waals surface area contributed by atoms with Gasteiger partial charge >= 0.3 is 0 Å². The van der Waals surface area contributed by atoms with Crippen molar-refractivity contribution in [2.24, 2.45) is 5.92 Å². The number of rotatable bonds is 8. The maximum absolute atomic E-state index is 10.7. The van der Waals surface area contributed by atoms with Crippen molar-refractivity contribution in [2.75, 3.05) is 13.2 Å². The maximum Gasteiger partial charge on any atom is 0.269 e. The normalized spacial score (nSPS) is 12.0. The van der Waals surface area contributed by atoms with Crippen LogP contribution in [0.15, 0.2) is 48.7 Å². The van der Waals surface area contributed by atoms with Crippen LogP contribution in [0.2, 0.25) is 0 Å². The molecule has 0 aliphatic heterocycles. The first-order valence-corrected chi connectivity index (χ1v) is 7.14. The topological polar surface area (TPSA) is 88.3 Å². The number of non-ortho nitro benzene ring substituents is 1. The van der Waals surface area contributed by atoms with Crippen LogP contribution in [-0.2, 0) is 13.0 Å². The predicted molar refractivity (Wildman–Crippen MR) is 83.3 cm³/mol. The summed E-state index contributed by atoms with van der Waals surface area (Å²) in [4.78, 5) is 14.6. The van der Waals surface area contributed by atoms with Crippen LogP contribution < -0.4 is 5.32 Å². The lowest BCUT2D eigenvalue weighted by Gasteiger charge is -2.14. The highest BCUT2D eigenvalue weighted by Crippen LogP contribution is 2.13. The van der Waals surface area contributed by atoms with Crippen molar-refractivity contribution in [2.45, 2.75) is 13.0 Å². The lowest BCUT2D eigenvalue weighted by atomic mass is 10.0. The third-order valence-corrected chi connectivity index (χ3v) is 3.37. The van der Waals surface area contributed by atoms with E-state index in [0.717, 1.165) is 11.3 Å². The molecule has 1 heterocycles. The Kier molecular flexibility index (Phi) is 6.00. The van der Waals surface area contributed by atoms with Gasteiger partial charge in [0.05, 0.1) is 4.92 Å². The van der Waals surface area contributed by atoms with Crippen molar-refractivity contribution in [3.63, 3.8) is 0 Å². The summed E-state index contributed by atoms with van der Waals surface area (Å²) in [5, 5.41) is 23.4. The molecule has 0 saturated carbocycles. The summed E-state index contributed by atoms with van der Waals surface area (Å²) in [5.41, 5.74) is 1.88. The van der Waals surface area contributed by atoms with E-state index in [1.54, 1.807) is 18.3 Å². The molecule has 0 spiro atoms. The number of hydrogen-bond donors (Lipinski definition) is 2. The number of aliphatic hydroxyl groups excluding tert-OH is 1. The Morgan fingerprint density at radius 2 is 2.14 bits per heavy atom. The summed E-state index contributed by atoms with van der Waals surface area (Å²) < 4.78 is 0. The first kappa shape index (κ1) is 16.1. The third-order valence-electron chi connectivity index (χ3n) is 3.37. The lowest BCUT2D eigenvalue weighted by Crippen LogP contribution is -2.26. The van der Waals surface area contributed by atoms with Gasteiger partial charge in [-0.05, 0) is 30.0 Å². The molecule has 2 N–H and O–H groups in total. The summed E-state index contributed by atoms with van der Waals surface area (Å²) in [5.74, 6) is 0.0635. The van der Waals surface area contributed by atoms with Crippen molar-refractivity contribution in [3.05, 3.63) is 70.0 Å². The summed E-state index contributed by atoms with van der Waals surface area (Å²) in [6.07, 6.45) is 2.43. The van der Waals surface area contributed by atoms with E-state index < -0.39 is 4.92 Å². The van der Waals surface area contributed by atoms with E-state index in [1.807, 2.05) is 24.3 Å². The molecule has 0 aliphatic rings. The summed E-state index contributed by atoms with van der Waals surface area (Å²) in [6.45, 7) is 1.22. The number of nitro groups is 1. The number of nitro benzene ring substituents is 1. The Labute approximate surface area is 129 Å². The van der Waals surface area contributed by atoms with Crippen molar-refractivity contribution in [1.29, 1.82) is 0 Å². The van der Waals surface area contributed by atoms with Crippen LogP contribution in [0.4, 0.5) is 5.69 Å². The fourth-order valence-corrected chi connectivity index (χ4v) is 2.22. The van der Waals surface area contributed by atoms with Crippen LogP contribution in [0.5, 0.6) is 0 Å². The zero-order valence-electron chi connectivity index (χ0n) is 12.2. The highest BCUT2D eigenvalue weighted by Gasteiger charge is 2.10. The van der Waals surface area contributed by atoms with Gasteiger partial charge in [-0.15, -0.1) is 0 Å². The molecule has 0 bridgehead atoms. The highest BCUT2D eigenvalue weighted by molar-refractivity contribution is 5.34. The van der Waals surface area contributed by atoms with Gasteiger partial charge in [0.15, 0.2) is 0 Å². The van der Waals surface area contributed by atoms with Crippen LogP contribution >= 0.6 is 0 Å². The van der Waals surface area contributed by atoms with Crippen LogP contribution in [0.3, 0.4) is 0 Å². The molecular formula is C16H19N3O3. The number of aromatic nitrogens is 1. The molecule has 116 valence electrons. The minimum absolute atomic E-state index is 0.0635.